The minimum absolute atomic E-state index is 0.142. The Bertz CT molecular complexity index is 1500. The van der Waals surface area contributed by atoms with Gasteiger partial charge in [-0.2, -0.15) is 0 Å². The van der Waals surface area contributed by atoms with Crippen molar-refractivity contribution in [3.63, 3.8) is 0 Å². The number of benzene rings is 3. The van der Waals surface area contributed by atoms with Gasteiger partial charge in [0, 0.05) is 34.8 Å². The van der Waals surface area contributed by atoms with Crippen molar-refractivity contribution in [2.24, 2.45) is 0 Å². The Morgan fingerprint density at radius 1 is 0.969 bits per heavy atom. The number of aryl methyl sites for hydroxylation is 1. The first-order valence-corrected chi connectivity index (χ1v) is 10.2. The average Bonchev–Trinajstić information content (AvgIpc) is 3.22. The fourth-order valence-corrected chi connectivity index (χ4v) is 3.80. The molecule has 0 unspecified atom stereocenters. The van der Waals surface area contributed by atoms with Gasteiger partial charge in [-0.3, -0.25) is 4.40 Å². The molecule has 8 heteroatoms. The van der Waals surface area contributed by atoms with Crippen LogP contribution in [0.3, 0.4) is 0 Å². The highest BCUT2D eigenvalue weighted by Crippen LogP contribution is 2.31. The molecule has 0 aliphatic heterocycles. The van der Waals surface area contributed by atoms with E-state index in [0.717, 1.165) is 23.3 Å². The molecule has 2 aromatic heterocycles. The molecule has 5 rings (SSSR count). The Morgan fingerprint density at radius 2 is 1.75 bits per heavy atom. The second kappa shape index (κ2) is 7.84. The van der Waals surface area contributed by atoms with Gasteiger partial charge in [-0.25, -0.2) is 23.1 Å². The summed E-state index contributed by atoms with van der Waals surface area (Å²) in [5.74, 6) is -2.04. The summed E-state index contributed by atoms with van der Waals surface area (Å²) in [6.45, 7) is 2.03. The number of aromatic nitrogens is 3. The average molecular weight is 453 g/mol. The summed E-state index contributed by atoms with van der Waals surface area (Å²) in [7, 11) is 0. The number of hydrogen-bond donors (Lipinski definition) is 1. The molecule has 2 heterocycles. The van der Waals surface area contributed by atoms with Crippen LogP contribution in [-0.4, -0.2) is 14.4 Å². The van der Waals surface area contributed by atoms with Gasteiger partial charge in [0.15, 0.2) is 23.1 Å². The molecule has 160 valence electrons. The fraction of sp³-hybridized carbons (Fsp3) is 0.0833. The Kier molecular flexibility index (Phi) is 4.98. The molecule has 4 nitrogen and oxygen atoms in total. The lowest BCUT2D eigenvalue weighted by Crippen LogP contribution is -2.07. The maximum absolute atomic E-state index is 14.1. The van der Waals surface area contributed by atoms with Crippen molar-refractivity contribution < 1.29 is 13.2 Å². The van der Waals surface area contributed by atoms with Crippen molar-refractivity contribution in [1.82, 2.24) is 14.4 Å². The van der Waals surface area contributed by atoms with Gasteiger partial charge in [0.2, 0.25) is 0 Å². The van der Waals surface area contributed by atoms with E-state index in [4.69, 9.17) is 11.6 Å². The number of nitrogens with one attached hydrogen (secondary N) is 1. The number of imidazole rings is 1. The molecule has 0 saturated heterocycles. The summed E-state index contributed by atoms with van der Waals surface area (Å²) in [6, 6.07) is 14.0. The third-order valence-electron chi connectivity index (χ3n) is 5.34. The van der Waals surface area contributed by atoms with Crippen LogP contribution in [0.15, 0.2) is 60.8 Å². The first-order valence-electron chi connectivity index (χ1n) is 9.82. The van der Waals surface area contributed by atoms with E-state index in [-0.39, 0.29) is 17.9 Å². The van der Waals surface area contributed by atoms with Crippen LogP contribution in [0.4, 0.5) is 19.0 Å². The number of anilines is 1. The van der Waals surface area contributed by atoms with Crippen LogP contribution < -0.4 is 5.32 Å². The number of hydrogen-bond acceptors (Lipinski definition) is 3. The van der Waals surface area contributed by atoms with E-state index in [1.165, 1.54) is 6.07 Å². The number of halogens is 4. The van der Waals surface area contributed by atoms with E-state index >= 15 is 0 Å². The minimum atomic E-state index is -1.01. The maximum Gasteiger partial charge on any atom is 0.181 e. The Morgan fingerprint density at radius 3 is 2.53 bits per heavy atom. The third kappa shape index (κ3) is 3.44. The summed E-state index contributed by atoms with van der Waals surface area (Å²) in [5.41, 5.74) is 3.71. The highest BCUT2D eigenvalue weighted by molar-refractivity contribution is 6.31. The first-order chi connectivity index (χ1) is 15.4. The van der Waals surface area contributed by atoms with Crippen LogP contribution in [0.1, 0.15) is 11.1 Å². The molecule has 3 aromatic carbocycles. The minimum Gasteiger partial charge on any atom is -0.363 e. The SMILES string of the molecule is Cc1ccc(-c2cnc3c(NCc4ccccc4F)nc4cc(F)c(F)cc4n23)cc1Cl. The molecule has 0 aliphatic carbocycles. The first kappa shape index (κ1) is 20.3. The van der Waals surface area contributed by atoms with E-state index in [9.17, 15) is 13.2 Å². The van der Waals surface area contributed by atoms with Crippen LogP contribution >= 0.6 is 11.6 Å². The summed E-state index contributed by atoms with van der Waals surface area (Å²) in [6.07, 6.45) is 1.62. The zero-order valence-electron chi connectivity index (χ0n) is 16.8. The quantitative estimate of drug-likeness (QED) is 0.336. The van der Waals surface area contributed by atoms with Crippen LogP contribution in [0.25, 0.3) is 27.9 Å². The van der Waals surface area contributed by atoms with E-state index < -0.39 is 11.6 Å². The Hall–Kier alpha value is -3.58. The molecule has 0 atom stereocenters. The van der Waals surface area contributed by atoms with Crippen LogP contribution in [0, 0.1) is 24.4 Å². The topological polar surface area (TPSA) is 42.2 Å². The van der Waals surface area contributed by atoms with Crippen molar-refractivity contribution in [2.45, 2.75) is 13.5 Å². The Labute approximate surface area is 186 Å². The van der Waals surface area contributed by atoms with E-state index in [0.29, 0.717) is 33.3 Å². The smallest absolute Gasteiger partial charge is 0.181 e. The van der Waals surface area contributed by atoms with Gasteiger partial charge in [0.1, 0.15) is 5.82 Å². The molecule has 0 saturated carbocycles. The summed E-state index contributed by atoms with van der Waals surface area (Å²) >= 11 is 6.31. The van der Waals surface area contributed by atoms with Gasteiger partial charge in [-0.1, -0.05) is 41.9 Å². The fourth-order valence-electron chi connectivity index (χ4n) is 3.62. The molecular weight excluding hydrogens is 437 g/mol. The monoisotopic (exact) mass is 452 g/mol. The Balaban J connectivity index is 1.72. The highest BCUT2D eigenvalue weighted by Gasteiger charge is 2.18. The van der Waals surface area contributed by atoms with Crippen molar-refractivity contribution in [2.75, 3.05) is 5.32 Å². The van der Waals surface area contributed by atoms with E-state index in [2.05, 4.69) is 15.3 Å². The van der Waals surface area contributed by atoms with Gasteiger partial charge in [-0.15, -0.1) is 0 Å². The van der Waals surface area contributed by atoms with Crippen LogP contribution in [-0.2, 0) is 6.54 Å². The highest BCUT2D eigenvalue weighted by atomic mass is 35.5. The van der Waals surface area contributed by atoms with Crippen molar-refractivity contribution in [1.29, 1.82) is 0 Å². The predicted molar refractivity (Wildman–Crippen MR) is 119 cm³/mol. The van der Waals surface area contributed by atoms with Crippen LogP contribution in [0.5, 0.6) is 0 Å². The molecule has 0 radical (unpaired) electrons. The molecular formula is C24H16ClF3N4. The van der Waals surface area contributed by atoms with Gasteiger partial charge >= 0.3 is 0 Å². The molecule has 0 amide bonds. The van der Waals surface area contributed by atoms with Crippen molar-refractivity contribution in [3.8, 4) is 11.3 Å². The third-order valence-corrected chi connectivity index (χ3v) is 5.74. The number of nitrogens with zero attached hydrogens (tertiary/aromatic N) is 3. The largest absolute Gasteiger partial charge is 0.363 e. The summed E-state index contributed by atoms with van der Waals surface area (Å²) in [4.78, 5) is 8.91. The number of rotatable bonds is 4. The summed E-state index contributed by atoms with van der Waals surface area (Å²) < 4.78 is 43.9. The normalized spacial score (nSPS) is 11.4. The van der Waals surface area contributed by atoms with Crippen molar-refractivity contribution >= 4 is 34.1 Å². The lowest BCUT2D eigenvalue weighted by Gasteiger charge is -2.13. The lowest BCUT2D eigenvalue weighted by atomic mass is 10.1. The van der Waals surface area contributed by atoms with Crippen molar-refractivity contribution in [3.05, 3.63) is 94.4 Å². The van der Waals surface area contributed by atoms with Gasteiger partial charge in [-0.05, 0) is 24.6 Å². The van der Waals surface area contributed by atoms with Gasteiger partial charge < -0.3 is 5.32 Å². The molecule has 0 spiro atoms. The molecule has 0 bridgehead atoms. The van der Waals surface area contributed by atoms with Gasteiger partial charge in [0.25, 0.3) is 0 Å². The van der Waals surface area contributed by atoms with Gasteiger partial charge in [0.05, 0.1) is 22.9 Å². The zero-order valence-corrected chi connectivity index (χ0v) is 17.6. The van der Waals surface area contributed by atoms with E-state index in [1.807, 2.05) is 19.1 Å². The van der Waals surface area contributed by atoms with Crippen LogP contribution in [0.2, 0.25) is 5.02 Å². The number of fused-ring (bicyclic) bond motifs is 3. The molecule has 32 heavy (non-hydrogen) atoms. The van der Waals surface area contributed by atoms with E-state index in [1.54, 1.807) is 34.9 Å². The standard InChI is InChI=1S/C24H16ClF3N4/c1-13-6-7-14(8-16(13)25)22-12-30-24-23(29-11-15-4-2-3-5-17(15)26)31-20-9-18(27)19(28)10-21(20)32(22)24/h2-10,12H,11H2,1H3,(H,29,31). The second-order valence-electron chi connectivity index (χ2n) is 7.43. The summed E-state index contributed by atoms with van der Waals surface area (Å²) in [5, 5.41) is 3.65. The second-order valence-corrected chi connectivity index (χ2v) is 7.83. The molecule has 0 aliphatic rings. The zero-order chi connectivity index (χ0) is 22.4. The molecule has 5 aromatic rings. The predicted octanol–water partition coefficient (Wildman–Crippen LogP) is 6.54. The maximum atomic E-state index is 14.1. The lowest BCUT2D eigenvalue weighted by molar-refractivity contribution is 0.510. The molecule has 0 fully saturated rings. The molecule has 1 N–H and O–H groups in total.